The lowest BCUT2D eigenvalue weighted by atomic mass is 10.2. The van der Waals surface area contributed by atoms with Gasteiger partial charge in [0, 0.05) is 30.8 Å². The third-order valence-electron chi connectivity index (χ3n) is 2.35. The maximum atomic E-state index is 12.1. The summed E-state index contributed by atoms with van der Waals surface area (Å²) in [4.78, 5) is 18.0. The van der Waals surface area contributed by atoms with E-state index in [1.807, 2.05) is 24.8 Å². The monoisotopic (exact) mass is 284 g/mol. The van der Waals surface area contributed by atoms with Crippen molar-refractivity contribution in [2.24, 2.45) is 0 Å². The van der Waals surface area contributed by atoms with Crippen LogP contribution in [0.25, 0.3) is 0 Å². The van der Waals surface area contributed by atoms with Crippen molar-refractivity contribution in [2.75, 3.05) is 18.4 Å². The van der Waals surface area contributed by atoms with Crippen molar-refractivity contribution >= 4 is 21.8 Å². The number of hydrogen-bond donors (Lipinski definition) is 0. The Morgan fingerprint density at radius 2 is 2.25 bits per heavy atom. The quantitative estimate of drug-likeness (QED) is 0.779. The van der Waals surface area contributed by atoms with Crippen LogP contribution < -0.4 is 0 Å². The highest BCUT2D eigenvalue weighted by Gasteiger charge is 2.13. The van der Waals surface area contributed by atoms with E-state index in [1.165, 1.54) is 0 Å². The molecular formula is C12H17BrN2O. The molecule has 0 bridgehead atoms. The highest BCUT2D eigenvalue weighted by Crippen LogP contribution is 2.07. The van der Waals surface area contributed by atoms with Gasteiger partial charge in [0.25, 0.3) is 5.91 Å². The Morgan fingerprint density at radius 3 is 2.81 bits per heavy atom. The number of aryl methyl sites for hydroxylation is 1. The fourth-order valence-electron chi connectivity index (χ4n) is 1.51. The number of amides is 1. The molecular weight excluding hydrogens is 268 g/mol. The molecule has 0 saturated carbocycles. The molecule has 0 unspecified atom stereocenters. The van der Waals surface area contributed by atoms with Crippen LogP contribution in [-0.4, -0.2) is 34.2 Å². The van der Waals surface area contributed by atoms with Crippen molar-refractivity contribution in [1.29, 1.82) is 0 Å². The molecule has 0 N–H and O–H groups in total. The van der Waals surface area contributed by atoms with Gasteiger partial charge in [0.2, 0.25) is 0 Å². The molecule has 4 heteroatoms. The summed E-state index contributed by atoms with van der Waals surface area (Å²) < 4.78 is 0. The van der Waals surface area contributed by atoms with Crippen LogP contribution in [0.4, 0.5) is 0 Å². The molecule has 1 amide bonds. The lowest BCUT2D eigenvalue weighted by molar-refractivity contribution is 0.0764. The van der Waals surface area contributed by atoms with E-state index in [0.29, 0.717) is 5.56 Å². The minimum absolute atomic E-state index is 0.0691. The summed E-state index contributed by atoms with van der Waals surface area (Å²) in [5.41, 5.74) is 1.69. The Morgan fingerprint density at radius 1 is 1.50 bits per heavy atom. The summed E-state index contributed by atoms with van der Waals surface area (Å²) in [6.07, 6.45) is 4.36. The molecule has 1 aromatic rings. The Hall–Kier alpha value is -0.900. The minimum Gasteiger partial charge on any atom is -0.339 e. The summed E-state index contributed by atoms with van der Waals surface area (Å²) in [6.45, 7) is 5.46. The molecule has 0 aromatic carbocycles. The fourth-order valence-corrected chi connectivity index (χ4v) is 1.76. The first-order valence-corrected chi connectivity index (χ1v) is 6.58. The second kappa shape index (κ2) is 6.63. The van der Waals surface area contributed by atoms with Gasteiger partial charge < -0.3 is 4.90 Å². The van der Waals surface area contributed by atoms with Crippen molar-refractivity contribution in [3.05, 3.63) is 29.6 Å². The average molecular weight is 285 g/mol. The highest BCUT2D eigenvalue weighted by molar-refractivity contribution is 9.09. The van der Waals surface area contributed by atoms with Crippen molar-refractivity contribution < 1.29 is 4.79 Å². The van der Waals surface area contributed by atoms with Crippen molar-refractivity contribution in [2.45, 2.75) is 20.3 Å². The number of rotatable bonds is 5. The van der Waals surface area contributed by atoms with E-state index in [9.17, 15) is 4.79 Å². The molecule has 0 saturated heterocycles. The van der Waals surface area contributed by atoms with Gasteiger partial charge in [0.1, 0.15) is 0 Å². The number of hydrogen-bond acceptors (Lipinski definition) is 2. The lowest BCUT2D eigenvalue weighted by Crippen LogP contribution is -2.32. The second-order valence-electron chi connectivity index (χ2n) is 3.68. The first-order chi connectivity index (χ1) is 7.69. The number of pyridine rings is 1. The van der Waals surface area contributed by atoms with Crippen LogP contribution in [0.1, 0.15) is 29.3 Å². The summed E-state index contributed by atoms with van der Waals surface area (Å²) >= 11 is 3.37. The zero-order valence-electron chi connectivity index (χ0n) is 9.74. The molecule has 16 heavy (non-hydrogen) atoms. The van der Waals surface area contributed by atoms with Gasteiger partial charge in [-0.2, -0.15) is 0 Å². The fraction of sp³-hybridized carbons (Fsp3) is 0.500. The van der Waals surface area contributed by atoms with Gasteiger partial charge in [0.05, 0.1) is 5.56 Å². The highest BCUT2D eigenvalue weighted by atomic mass is 79.9. The van der Waals surface area contributed by atoms with E-state index in [1.54, 1.807) is 12.4 Å². The minimum atomic E-state index is 0.0691. The third kappa shape index (κ3) is 3.59. The molecule has 0 aliphatic carbocycles. The zero-order valence-corrected chi connectivity index (χ0v) is 11.3. The Bertz CT molecular complexity index is 355. The maximum absolute atomic E-state index is 12.1. The predicted molar refractivity (Wildman–Crippen MR) is 69.0 cm³/mol. The smallest absolute Gasteiger partial charge is 0.255 e. The standard InChI is InChI=1S/C12H17BrN2O/c1-3-15(6-4-5-13)12(16)11-7-10(2)8-14-9-11/h7-9H,3-6H2,1-2H3. The summed E-state index contributed by atoms with van der Waals surface area (Å²) in [5, 5.41) is 0.919. The van der Waals surface area contributed by atoms with Crippen LogP contribution in [0.2, 0.25) is 0 Å². The van der Waals surface area contributed by atoms with Crippen LogP contribution >= 0.6 is 15.9 Å². The number of nitrogens with zero attached hydrogens (tertiary/aromatic N) is 2. The Kier molecular flexibility index (Phi) is 5.46. The van der Waals surface area contributed by atoms with E-state index in [-0.39, 0.29) is 5.91 Å². The molecule has 3 nitrogen and oxygen atoms in total. The van der Waals surface area contributed by atoms with Crippen LogP contribution in [0.15, 0.2) is 18.5 Å². The molecule has 0 aliphatic rings. The van der Waals surface area contributed by atoms with Gasteiger partial charge in [-0.3, -0.25) is 9.78 Å². The predicted octanol–water partition coefficient (Wildman–Crippen LogP) is 2.64. The number of carbonyl (C=O) groups excluding carboxylic acids is 1. The summed E-state index contributed by atoms with van der Waals surface area (Å²) in [5.74, 6) is 0.0691. The Labute approximate surface area is 105 Å². The van der Waals surface area contributed by atoms with Crippen LogP contribution in [0.3, 0.4) is 0 Å². The molecule has 0 atom stereocenters. The number of halogens is 1. The molecule has 0 fully saturated rings. The van der Waals surface area contributed by atoms with Crippen LogP contribution in [0, 0.1) is 6.92 Å². The first kappa shape index (κ1) is 13.2. The number of aromatic nitrogens is 1. The number of alkyl halides is 1. The largest absolute Gasteiger partial charge is 0.339 e. The number of carbonyl (C=O) groups is 1. The summed E-state index contributed by atoms with van der Waals surface area (Å²) in [7, 11) is 0. The van der Waals surface area contributed by atoms with Crippen LogP contribution in [0.5, 0.6) is 0 Å². The van der Waals surface area contributed by atoms with Crippen molar-refractivity contribution in [3.63, 3.8) is 0 Å². The lowest BCUT2D eigenvalue weighted by Gasteiger charge is -2.20. The maximum Gasteiger partial charge on any atom is 0.255 e. The van der Waals surface area contributed by atoms with Gasteiger partial charge in [-0.05, 0) is 31.9 Å². The van der Waals surface area contributed by atoms with Gasteiger partial charge in [0.15, 0.2) is 0 Å². The first-order valence-electron chi connectivity index (χ1n) is 5.46. The molecule has 1 heterocycles. The van der Waals surface area contributed by atoms with Gasteiger partial charge in [-0.15, -0.1) is 0 Å². The SMILES string of the molecule is CCN(CCCBr)C(=O)c1cncc(C)c1. The molecule has 0 aliphatic heterocycles. The molecule has 1 aromatic heterocycles. The molecule has 0 spiro atoms. The Balaban J connectivity index is 2.74. The zero-order chi connectivity index (χ0) is 12.0. The molecule has 88 valence electrons. The summed E-state index contributed by atoms with van der Waals surface area (Å²) in [6, 6.07) is 1.88. The van der Waals surface area contributed by atoms with Crippen molar-refractivity contribution in [1.82, 2.24) is 9.88 Å². The topological polar surface area (TPSA) is 33.2 Å². The van der Waals surface area contributed by atoms with Gasteiger partial charge in [-0.25, -0.2) is 0 Å². The van der Waals surface area contributed by atoms with E-state index in [2.05, 4.69) is 20.9 Å². The van der Waals surface area contributed by atoms with Gasteiger partial charge in [-0.1, -0.05) is 15.9 Å². The average Bonchev–Trinajstić information content (AvgIpc) is 2.29. The third-order valence-corrected chi connectivity index (χ3v) is 2.91. The van der Waals surface area contributed by atoms with E-state index < -0.39 is 0 Å². The van der Waals surface area contributed by atoms with E-state index in [0.717, 1.165) is 30.4 Å². The van der Waals surface area contributed by atoms with E-state index >= 15 is 0 Å². The molecule has 0 radical (unpaired) electrons. The van der Waals surface area contributed by atoms with Gasteiger partial charge >= 0.3 is 0 Å². The van der Waals surface area contributed by atoms with Crippen molar-refractivity contribution in [3.8, 4) is 0 Å². The normalized spacial score (nSPS) is 10.2. The van der Waals surface area contributed by atoms with E-state index in [4.69, 9.17) is 0 Å². The molecule has 1 rings (SSSR count). The van der Waals surface area contributed by atoms with Crippen LogP contribution in [-0.2, 0) is 0 Å². The second-order valence-corrected chi connectivity index (χ2v) is 4.47.